The monoisotopic (exact) mass is 772 g/mol. The van der Waals surface area contributed by atoms with Crippen LogP contribution >= 0.6 is 0 Å². The van der Waals surface area contributed by atoms with Crippen LogP contribution in [-0.2, 0) is 20.9 Å². The Morgan fingerprint density at radius 1 is 0.772 bits per heavy atom. The van der Waals surface area contributed by atoms with E-state index in [1.807, 2.05) is 48.5 Å². The van der Waals surface area contributed by atoms with Gasteiger partial charge in [-0.25, -0.2) is 4.79 Å². The molecule has 0 radical (unpaired) electrons. The van der Waals surface area contributed by atoms with E-state index < -0.39 is 11.4 Å². The van der Waals surface area contributed by atoms with E-state index >= 15 is 0 Å². The fourth-order valence-corrected chi connectivity index (χ4v) is 14.9. The number of esters is 2. The van der Waals surface area contributed by atoms with Gasteiger partial charge in [-0.05, 0) is 170 Å². The molecule has 5 unspecified atom stereocenters. The molecule has 8 rings (SSSR count). The van der Waals surface area contributed by atoms with Crippen LogP contribution in [0, 0.1) is 56.7 Å². The molecule has 0 spiro atoms. The number of carbonyl (C=O) groups excluding carboxylic acids is 2. The maximum atomic E-state index is 14.0. The van der Waals surface area contributed by atoms with Gasteiger partial charge in [0, 0.05) is 5.54 Å². The molecule has 2 aromatic rings. The number of allylic oxidation sites excluding steroid dienone is 5. The van der Waals surface area contributed by atoms with Gasteiger partial charge in [0.15, 0.2) is 0 Å². The molecule has 2 N–H and O–H groups in total. The molecule has 0 saturated heterocycles. The molecule has 0 heterocycles. The molecule has 0 amide bonds. The summed E-state index contributed by atoms with van der Waals surface area (Å²) >= 11 is 0. The fourth-order valence-electron chi connectivity index (χ4n) is 14.9. The Hall–Kier alpha value is -3.44. The number of hydrogen-bond donors (Lipinski definition) is 1. The number of hydrogen-bond acceptors (Lipinski definition) is 5. The summed E-state index contributed by atoms with van der Waals surface area (Å²) in [5.41, 5.74) is 12.9. The van der Waals surface area contributed by atoms with Crippen LogP contribution in [0.4, 0.5) is 0 Å². The lowest BCUT2D eigenvalue weighted by atomic mass is 9.33. The summed E-state index contributed by atoms with van der Waals surface area (Å²) in [7, 11) is 0. The Kier molecular flexibility index (Phi) is 10.4. The van der Waals surface area contributed by atoms with E-state index in [0.717, 1.165) is 24.8 Å². The number of benzene rings is 2. The first-order chi connectivity index (χ1) is 27.1. The topological polar surface area (TPSA) is 78.6 Å². The molecule has 4 fully saturated rings. The van der Waals surface area contributed by atoms with E-state index in [9.17, 15) is 9.59 Å². The van der Waals surface area contributed by atoms with Crippen molar-refractivity contribution in [2.75, 3.05) is 6.61 Å². The Morgan fingerprint density at radius 2 is 1.49 bits per heavy atom. The second-order valence-corrected chi connectivity index (χ2v) is 21.1. The highest BCUT2D eigenvalue weighted by Gasteiger charge is 2.70. The smallest absolute Gasteiger partial charge is 0.338 e. The van der Waals surface area contributed by atoms with Crippen molar-refractivity contribution in [3.63, 3.8) is 0 Å². The first-order valence-corrected chi connectivity index (χ1v) is 22.3. The largest absolute Gasteiger partial charge is 0.461 e. The van der Waals surface area contributed by atoms with E-state index in [2.05, 4.69) is 60.3 Å². The Balaban J connectivity index is 1.04. The highest BCUT2D eigenvalue weighted by Crippen LogP contribution is 2.76. The fraction of sp³-hybridized carbons (Fsp3) is 0.615. The van der Waals surface area contributed by atoms with E-state index in [4.69, 9.17) is 15.2 Å². The van der Waals surface area contributed by atoms with E-state index in [-0.39, 0.29) is 35.6 Å². The van der Waals surface area contributed by atoms with Gasteiger partial charge in [0.05, 0.1) is 5.56 Å². The third-order valence-electron chi connectivity index (χ3n) is 17.9. The van der Waals surface area contributed by atoms with Crippen molar-refractivity contribution in [2.24, 2.45) is 62.4 Å². The van der Waals surface area contributed by atoms with Crippen LogP contribution in [0.15, 0.2) is 96.1 Å². The number of nitrogens with two attached hydrogens (primary N) is 1. The van der Waals surface area contributed by atoms with Crippen LogP contribution < -0.4 is 5.73 Å². The van der Waals surface area contributed by atoms with Gasteiger partial charge in [-0.1, -0.05) is 101 Å². The van der Waals surface area contributed by atoms with Crippen molar-refractivity contribution in [3.05, 3.63) is 107 Å². The van der Waals surface area contributed by atoms with Crippen molar-refractivity contribution >= 4 is 11.9 Å². The molecule has 57 heavy (non-hydrogen) atoms. The maximum absolute atomic E-state index is 14.0. The van der Waals surface area contributed by atoms with Crippen molar-refractivity contribution in [3.8, 4) is 0 Å². The summed E-state index contributed by atoms with van der Waals surface area (Å²) in [6.07, 6.45) is 19.1. The number of fused-ring (bicyclic) bond motifs is 7. The number of carbonyl (C=O) groups is 2. The zero-order valence-corrected chi connectivity index (χ0v) is 35.8. The highest BCUT2D eigenvalue weighted by molar-refractivity contribution is 5.89. The maximum Gasteiger partial charge on any atom is 0.338 e. The van der Waals surface area contributed by atoms with Gasteiger partial charge in [-0.3, -0.25) is 4.79 Å². The van der Waals surface area contributed by atoms with Crippen molar-refractivity contribution in [2.45, 2.75) is 137 Å². The molecule has 5 nitrogen and oxygen atoms in total. The van der Waals surface area contributed by atoms with Crippen molar-refractivity contribution < 1.29 is 19.1 Å². The van der Waals surface area contributed by atoms with Crippen molar-refractivity contribution in [1.29, 1.82) is 0 Å². The SMILES string of the molecule is C=C(C)C[C@@H]1CC[C@]2(N)CC[C@]3(C)C(CCC4[C@@]5(C)CC=C(C6=CCC(COC(=O)c7ccccc7)(C(=O)OCc7ccccc7)CC6)C(C)(C)C5CC[C@]43C)C12. The predicted molar refractivity (Wildman–Crippen MR) is 229 cm³/mol. The van der Waals surface area contributed by atoms with Gasteiger partial charge in [0.2, 0.25) is 0 Å². The van der Waals surface area contributed by atoms with E-state index in [0.29, 0.717) is 58.8 Å². The standard InChI is InChI=1S/C52H69NO4/c1-35(2)32-39-22-29-52(53)31-30-49(6)41(44(39)52)18-19-43-48(5)25-23-40(47(3,4)42(48)24-26-50(43,49)7)37-20-27-51(28-21-37,34-57-45(54)38-16-12-9-13-17-38)46(55)56-33-36-14-10-8-11-15-36/h8-17,20,23,39,41-44H,1,18-19,21-22,24-34,53H2,2-7H3/t39-,41?,42?,43?,44?,48-,49+,50+,51?,52-/m0/s1. The van der Waals surface area contributed by atoms with Gasteiger partial charge in [0.1, 0.15) is 18.6 Å². The van der Waals surface area contributed by atoms with E-state index in [1.165, 1.54) is 68.1 Å². The van der Waals surface area contributed by atoms with Crippen molar-refractivity contribution in [1.82, 2.24) is 0 Å². The second kappa shape index (κ2) is 14.7. The summed E-state index contributed by atoms with van der Waals surface area (Å²) in [5.74, 6) is 2.57. The quantitative estimate of drug-likeness (QED) is 0.203. The minimum atomic E-state index is -0.929. The molecule has 6 aliphatic rings. The van der Waals surface area contributed by atoms with Gasteiger partial charge in [0.25, 0.3) is 0 Å². The van der Waals surface area contributed by atoms with Gasteiger partial charge < -0.3 is 15.2 Å². The minimum Gasteiger partial charge on any atom is -0.461 e. The summed E-state index contributed by atoms with van der Waals surface area (Å²) in [6, 6.07) is 18.8. The van der Waals surface area contributed by atoms with Crippen LogP contribution in [0.3, 0.4) is 0 Å². The lowest BCUT2D eigenvalue weighted by Crippen LogP contribution is -2.67. The lowest BCUT2D eigenvalue weighted by molar-refractivity contribution is -0.219. The van der Waals surface area contributed by atoms with Gasteiger partial charge in [-0.2, -0.15) is 0 Å². The van der Waals surface area contributed by atoms with Crippen LogP contribution in [0.2, 0.25) is 0 Å². The van der Waals surface area contributed by atoms with E-state index in [1.54, 1.807) is 12.1 Å². The molecule has 5 heteroatoms. The molecular weight excluding hydrogens is 703 g/mol. The van der Waals surface area contributed by atoms with Crippen LogP contribution in [0.5, 0.6) is 0 Å². The number of rotatable bonds is 9. The first kappa shape index (κ1) is 40.3. The predicted octanol–water partition coefficient (Wildman–Crippen LogP) is 12.0. The lowest BCUT2D eigenvalue weighted by Gasteiger charge is -2.72. The minimum absolute atomic E-state index is 0.00136. The Morgan fingerprint density at radius 3 is 2.18 bits per heavy atom. The summed E-state index contributed by atoms with van der Waals surface area (Å²) < 4.78 is 11.9. The Labute approximate surface area is 343 Å². The van der Waals surface area contributed by atoms with Gasteiger partial charge >= 0.3 is 11.9 Å². The third-order valence-corrected chi connectivity index (χ3v) is 17.9. The molecule has 0 aromatic heterocycles. The average molecular weight is 772 g/mol. The zero-order chi connectivity index (χ0) is 40.4. The normalized spacial score (nSPS) is 39.2. The molecule has 2 aromatic carbocycles. The van der Waals surface area contributed by atoms with Crippen LogP contribution in [0.1, 0.15) is 141 Å². The average Bonchev–Trinajstić information content (AvgIpc) is 3.52. The Bertz CT molecular complexity index is 1930. The molecule has 306 valence electrons. The van der Waals surface area contributed by atoms with Gasteiger partial charge in [-0.15, -0.1) is 6.58 Å². The number of ether oxygens (including phenoxy) is 2. The second-order valence-electron chi connectivity index (χ2n) is 21.1. The molecule has 0 bridgehead atoms. The molecule has 10 atom stereocenters. The first-order valence-electron chi connectivity index (χ1n) is 22.3. The molecular formula is C52H69NO4. The third kappa shape index (κ3) is 6.61. The summed E-state index contributed by atoms with van der Waals surface area (Å²) in [6.45, 7) is 19.9. The summed E-state index contributed by atoms with van der Waals surface area (Å²) in [4.78, 5) is 27.2. The molecule has 0 aliphatic heterocycles. The molecule has 4 saturated carbocycles. The summed E-state index contributed by atoms with van der Waals surface area (Å²) in [5, 5.41) is 0. The van der Waals surface area contributed by atoms with Crippen LogP contribution in [0.25, 0.3) is 0 Å². The zero-order valence-electron chi connectivity index (χ0n) is 35.8. The highest BCUT2D eigenvalue weighted by atomic mass is 16.6. The van der Waals surface area contributed by atoms with Crippen LogP contribution in [-0.4, -0.2) is 24.1 Å². The molecule has 6 aliphatic carbocycles.